The average molecular weight is 336 g/mol. The van der Waals surface area contributed by atoms with Gasteiger partial charge in [-0.15, -0.1) is 0 Å². The second-order valence-corrected chi connectivity index (χ2v) is 6.02. The van der Waals surface area contributed by atoms with Crippen LogP contribution < -0.4 is 10.5 Å². The van der Waals surface area contributed by atoms with Crippen LogP contribution in [0, 0.1) is 0 Å². The third-order valence-electron chi connectivity index (χ3n) is 4.35. The van der Waals surface area contributed by atoms with Crippen LogP contribution in [0.5, 0.6) is 5.75 Å². The van der Waals surface area contributed by atoms with Crippen LogP contribution in [0.15, 0.2) is 24.3 Å². The van der Waals surface area contributed by atoms with E-state index in [1.54, 1.807) is 14.2 Å². The molecule has 1 fully saturated rings. The molecule has 0 saturated carbocycles. The Labute approximate surface area is 143 Å². The van der Waals surface area contributed by atoms with Gasteiger partial charge in [-0.05, 0) is 18.9 Å². The first kappa shape index (κ1) is 18.7. The number of ether oxygens (including phenoxy) is 3. The van der Waals surface area contributed by atoms with Gasteiger partial charge in [-0.25, -0.2) is 0 Å². The van der Waals surface area contributed by atoms with Crippen LogP contribution in [-0.4, -0.2) is 56.9 Å². The Morgan fingerprint density at radius 2 is 2.21 bits per heavy atom. The number of amides is 1. The van der Waals surface area contributed by atoms with Crippen molar-refractivity contribution in [2.75, 3.05) is 33.9 Å². The first-order valence-corrected chi connectivity index (χ1v) is 8.42. The van der Waals surface area contributed by atoms with Crippen molar-refractivity contribution in [3.8, 4) is 5.75 Å². The van der Waals surface area contributed by atoms with Crippen molar-refractivity contribution in [1.82, 2.24) is 4.90 Å². The van der Waals surface area contributed by atoms with E-state index in [-0.39, 0.29) is 24.5 Å². The molecule has 2 N–H and O–H groups in total. The summed E-state index contributed by atoms with van der Waals surface area (Å²) < 4.78 is 16.4. The highest BCUT2D eigenvalue weighted by atomic mass is 16.5. The van der Waals surface area contributed by atoms with Gasteiger partial charge in [0.05, 0.1) is 25.7 Å². The summed E-state index contributed by atoms with van der Waals surface area (Å²) in [5, 5.41) is 0. The van der Waals surface area contributed by atoms with Crippen molar-refractivity contribution < 1.29 is 19.0 Å². The molecule has 1 aromatic carbocycles. The van der Waals surface area contributed by atoms with Crippen LogP contribution in [0.4, 0.5) is 0 Å². The lowest BCUT2D eigenvalue weighted by Crippen LogP contribution is -2.40. The standard InChI is InChI=1S/C18H28N2O4/c1-22-16(11-19)10-18(21)20(13-15-7-5-9-24-15)12-14-6-3-4-8-17(14)23-2/h3-4,6,8,15-16H,5,7,9-13,19H2,1-2H3. The van der Waals surface area contributed by atoms with E-state index in [4.69, 9.17) is 19.9 Å². The van der Waals surface area contributed by atoms with Gasteiger partial charge in [-0.2, -0.15) is 0 Å². The molecule has 1 heterocycles. The normalized spacial score (nSPS) is 18.4. The maximum atomic E-state index is 12.8. The van der Waals surface area contributed by atoms with E-state index in [0.29, 0.717) is 19.6 Å². The second kappa shape index (κ2) is 9.61. The smallest absolute Gasteiger partial charge is 0.225 e. The van der Waals surface area contributed by atoms with Crippen LogP contribution in [0.3, 0.4) is 0 Å². The zero-order valence-electron chi connectivity index (χ0n) is 14.6. The molecule has 6 heteroatoms. The Hall–Kier alpha value is -1.63. The van der Waals surface area contributed by atoms with Crippen LogP contribution in [0.1, 0.15) is 24.8 Å². The van der Waals surface area contributed by atoms with E-state index >= 15 is 0 Å². The summed E-state index contributed by atoms with van der Waals surface area (Å²) in [4.78, 5) is 14.6. The molecule has 1 saturated heterocycles. The van der Waals surface area contributed by atoms with Crippen LogP contribution >= 0.6 is 0 Å². The first-order chi connectivity index (χ1) is 11.7. The van der Waals surface area contributed by atoms with Crippen LogP contribution in [-0.2, 0) is 20.8 Å². The Kier molecular flexibility index (Phi) is 7.49. The SMILES string of the molecule is COc1ccccc1CN(CC1CCCO1)C(=O)CC(CN)OC. The molecular weight excluding hydrogens is 308 g/mol. The average Bonchev–Trinajstić information content (AvgIpc) is 3.12. The summed E-state index contributed by atoms with van der Waals surface area (Å²) in [6.07, 6.45) is 2.14. The second-order valence-electron chi connectivity index (χ2n) is 6.02. The predicted molar refractivity (Wildman–Crippen MR) is 91.9 cm³/mol. The molecule has 1 amide bonds. The molecule has 0 aliphatic carbocycles. The molecule has 1 aromatic rings. The lowest BCUT2D eigenvalue weighted by atomic mass is 10.1. The van der Waals surface area contributed by atoms with Gasteiger partial charge in [0.2, 0.25) is 5.91 Å². The number of carbonyl (C=O) groups excluding carboxylic acids is 1. The lowest BCUT2D eigenvalue weighted by Gasteiger charge is -2.27. The van der Waals surface area contributed by atoms with E-state index in [2.05, 4.69) is 0 Å². The van der Waals surface area contributed by atoms with Gasteiger partial charge >= 0.3 is 0 Å². The highest BCUT2D eigenvalue weighted by Crippen LogP contribution is 2.22. The molecule has 2 atom stereocenters. The summed E-state index contributed by atoms with van der Waals surface area (Å²) in [6.45, 7) is 2.16. The zero-order valence-corrected chi connectivity index (χ0v) is 14.6. The van der Waals surface area contributed by atoms with Crippen molar-refractivity contribution >= 4 is 5.91 Å². The summed E-state index contributed by atoms with van der Waals surface area (Å²) in [7, 11) is 3.22. The Morgan fingerprint density at radius 1 is 1.42 bits per heavy atom. The van der Waals surface area contributed by atoms with Gasteiger partial charge in [-0.1, -0.05) is 18.2 Å². The minimum absolute atomic E-state index is 0.0220. The third-order valence-corrected chi connectivity index (χ3v) is 4.35. The monoisotopic (exact) mass is 336 g/mol. The molecular formula is C18H28N2O4. The Balaban J connectivity index is 2.10. The fourth-order valence-corrected chi connectivity index (χ4v) is 2.91. The van der Waals surface area contributed by atoms with Crippen LogP contribution in [0.25, 0.3) is 0 Å². The van der Waals surface area contributed by atoms with Crippen molar-refractivity contribution in [3.63, 3.8) is 0 Å². The number of carbonyl (C=O) groups is 1. The number of rotatable bonds is 9. The van der Waals surface area contributed by atoms with E-state index in [9.17, 15) is 4.79 Å². The third kappa shape index (κ3) is 5.19. The fourth-order valence-electron chi connectivity index (χ4n) is 2.91. The summed E-state index contributed by atoms with van der Waals surface area (Å²) in [5.41, 5.74) is 6.63. The zero-order chi connectivity index (χ0) is 17.4. The first-order valence-electron chi connectivity index (χ1n) is 8.42. The van der Waals surface area contributed by atoms with Gasteiger partial charge in [0.15, 0.2) is 0 Å². The molecule has 6 nitrogen and oxygen atoms in total. The maximum absolute atomic E-state index is 12.8. The molecule has 0 bridgehead atoms. The summed E-state index contributed by atoms with van der Waals surface area (Å²) in [6, 6.07) is 7.75. The minimum atomic E-state index is -0.262. The molecule has 0 aromatic heterocycles. The number of nitrogens with zero attached hydrogens (tertiary/aromatic N) is 1. The summed E-state index contributed by atoms with van der Waals surface area (Å²) >= 11 is 0. The fraction of sp³-hybridized carbons (Fsp3) is 0.611. The molecule has 0 radical (unpaired) electrons. The molecule has 24 heavy (non-hydrogen) atoms. The van der Waals surface area contributed by atoms with Gasteiger partial charge in [0, 0.05) is 38.9 Å². The number of para-hydroxylation sites is 1. The topological polar surface area (TPSA) is 74.0 Å². The quantitative estimate of drug-likeness (QED) is 0.741. The number of hydrogen-bond donors (Lipinski definition) is 1. The predicted octanol–water partition coefficient (Wildman–Crippen LogP) is 1.57. The van der Waals surface area contributed by atoms with E-state index in [1.165, 1.54) is 0 Å². The Bertz CT molecular complexity index is 513. The van der Waals surface area contributed by atoms with Crippen molar-refractivity contribution in [2.24, 2.45) is 5.73 Å². The number of nitrogens with two attached hydrogens (primary N) is 1. The lowest BCUT2D eigenvalue weighted by molar-refractivity contribution is -0.135. The van der Waals surface area contributed by atoms with E-state index in [1.807, 2.05) is 29.2 Å². The molecule has 1 aliphatic heterocycles. The highest BCUT2D eigenvalue weighted by molar-refractivity contribution is 5.77. The van der Waals surface area contributed by atoms with Gasteiger partial charge < -0.3 is 24.8 Å². The molecule has 1 aliphatic rings. The molecule has 0 spiro atoms. The molecule has 2 unspecified atom stereocenters. The maximum Gasteiger partial charge on any atom is 0.225 e. The minimum Gasteiger partial charge on any atom is -0.496 e. The van der Waals surface area contributed by atoms with Gasteiger partial charge in [0.25, 0.3) is 0 Å². The van der Waals surface area contributed by atoms with E-state index in [0.717, 1.165) is 30.8 Å². The number of benzene rings is 1. The van der Waals surface area contributed by atoms with Gasteiger partial charge in [-0.3, -0.25) is 4.79 Å². The van der Waals surface area contributed by atoms with Crippen molar-refractivity contribution in [2.45, 2.75) is 38.0 Å². The Morgan fingerprint density at radius 3 is 2.83 bits per heavy atom. The van der Waals surface area contributed by atoms with Gasteiger partial charge in [0.1, 0.15) is 5.75 Å². The van der Waals surface area contributed by atoms with Crippen molar-refractivity contribution in [3.05, 3.63) is 29.8 Å². The summed E-state index contributed by atoms with van der Waals surface area (Å²) in [5.74, 6) is 0.804. The van der Waals surface area contributed by atoms with Crippen molar-refractivity contribution in [1.29, 1.82) is 0 Å². The largest absolute Gasteiger partial charge is 0.496 e. The highest BCUT2D eigenvalue weighted by Gasteiger charge is 2.25. The van der Waals surface area contributed by atoms with Crippen LogP contribution in [0.2, 0.25) is 0 Å². The molecule has 134 valence electrons. The number of hydrogen-bond acceptors (Lipinski definition) is 5. The molecule has 2 rings (SSSR count). The number of methoxy groups -OCH3 is 2. The van der Waals surface area contributed by atoms with E-state index < -0.39 is 0 Å².